The Morgan fingerprint density at radius 2 is 1.71 bits per heavy atom. The van der Waals surface area contributed by atoms with E-state index in [0.29, 0.717) is 25.3 Å². The van der Waals surface area contributed by atoms with Crippen LogP contribution in [0.1, 0.15) is 50.0 Å². The molecule has 1 aliphatic heterocycles. The summed E-state index contributed by atoms with van der Waals surface area (Å²) in [5.41, 5.74) is 1.34. The van der Waals surface area contributed by atoms with Crippen molar-refractivity contribution in [3.05, 3.63) is 35.9 Å². The SMILES string of the molecule is CN(CC(=O)N1CCCC(C(=O)O)C1)C(=O)C1CCC(c2ccccc2)CC1. The number of hydrogen-bond acceptors (Lipinski definition) is 3. The maximum Gasteiger partial charge on any atom is 0.308 e. The molecule has 1 unspecified atom stereocenters. The smallest absolute Gasteiger partial charge is 0.308 e. The van der Waals surface area contributed by atoms with Gasteiger partial charge in [-0.05, 0) is 50.0 Å². The zero-order valence-electron chi connectivity index (χ0n) is 16.5. The number of nitrogens with zero attached hydrogens (tertiary/aromatic N) is 2. The summed E-state index contributed by atoms with van der Waals surface area (Å²) in [5.74, 6) is -0.972. The van der Waals surface area contributed by atoms with Crippen LogP contribution in [0.25, 0.3) is 0 Å². The van der Waals surface area contributed by atoms with E-state index in [4.69, 9.17) is 0 Å². The highest BCUT2D eigenvalue weighted by Gasteiger charge is 2.32. The molecule has 1 saturated heterocycles. The van der Waals surface area contributed by atoms with Crippen LogP contribution in [0.5, 0.6) is 0 Å². The van der Waals surface area contributed by atoms with Crippen molar-refractivity contribution < 1.29 is 19.5 Å². The van der Waals surface area contributed by atoms with Crippen LogP contribution < -0.4 is 0 Å². The minimum Gasteiger partial charge on any atom is -0.481 e. The van der Waals surface area contributed by atoms with Crippen LogP contribution in [0.3, 0.4) is 0 Å². The van der Waals surface area contributed by atoms with Crippen molar-refractivity contribution in [2.75, 3.05) is 26.7 Å². The number of carbonyl (C=O) groups is 3. The topological polar surface area (TPSA) is 77.9 Å². The third kappa shape index (κ3) is 4.91. The molecule has 0 radical (unpaired) electrons. The summed E-state index contributed by atoms with van der Waals surface area (Å²) in [7, 11) is 1.68. The number of piperidine rings is 1. The Kier molecular flexibility index (Phi) is 6.70. The quantitative estimate of drug-likeness (QED) is 0.844. The van der Waals surface area contributed by atoms with Gasteiger partial charge in [0.05, 0.1) is 12.5 Å². The number of likely N-dealkylation sites (N-methyl/N-ethyl adjacent to an activating group) is 1. The number of rotatable bonds is 5. The second kappa shape index (κ2) is 9.22. The van der Waals surface area contributed by atoms with E-state index in [-0.39, 0.29) is 30.8 Å². The van der Waals surface area contributed by atoms with Gasteiger partial charge < -0.3 is 14.9 Å². The number of carbonyl (C=O) groups excluding carboxylic acids is 2. The fourth-order valence-corrected chi connectivity index (χ4v) is 4.50. The molecular weight excluding hydrogens is 356 g/mol. The summed E-state index contributed by atoms with van der Waals surface area (Å²) in [6, 6.07) is 10.4. The van der Waals surface area contributed by atoms with Gasteiger partial charge in [0.2, 0.25) is 11.8 Å². The van der Waals surface area contributed by atoms with Gasteiger partial charge in [-0.15, -0.1) is 0 Å². The van der Waals surface area contributed by atoms with Gasteiger partial charge in [0.15, 0.2) is 0 Å². The molecule has 2 aliphatic rings. The molecule has 1 aromatic rings. The van der Waals surface area contributed by atoms with E-state index in [0.717, 1.165) is 25.7 Å². The number of carboxylic acid groups (broad SMARTS) is 1. The first kappa shape index (κ1) is 20.4. The molecule has 1 saturated carbocycles. The van der Waals surface area contributed by atoms with Gasteiger partial charge in [-0.3, -0.25) is 14.4 Å². The van der Waals surface area contributed by atoms with Gasteiger partial charge in [-0.25, -0.2) is 0 Å². The number of benzene rings is 1. The molecule has 0 spiro atoms. The van der Waals surface area contributed by atoms with Gasteiger partial charge >= 0.3 is 5.97 Å². The van der Waals surface area contributed by atoms with E-state index >= 15 is 0 Å². The number of carboxylic acids is 1. The largest absolute Gasteiger partial charge is 0.481 e. The summed E-state index contributed by atoms with van der Waals surface area (Å²) in [6.45, 7) is 0.856. The predicted octanol–water partition coefficient (Wildman–Crippen LogP) is 2.74. The number of aliphatic carboxylic acids is 1. The highest BCUT2D eigenvalue weighted by atomic mass is 16.4. The first-order valence-electron chi connectivity index (χ1n) is 10.3. The summed E-state index contributed by atoms with van der Waals surface area (Å²) in [5, 5.41) is 9.18. The van der Waals surface area contributed by atoms with E-state index in [9.17, 15) is 19.5 Å². The molecule has 28 heavy (non-hydrogen) atoms. The van der Waals surface area contributed by atoms with Crippen LogP contribution >= 0.6 is 0 Å². The average Bonchev–Trinajstić information content (AvgIpc) is 2.74. The maximum atomic E-state index is 12.8. The van der Waals surface area contributed by atoms with Crippen LogP contribution in [0, 0.1) is 11.8 Å². The molecule has 1 heterocycles. The standard InChI is InChI=1S/C22H30N2O4/c1-23(15-20(25)24-13-5-8-19(14-24)22(27)28)21(26)18-11-9-17(10-12-18)16-6-3-2-4-7-16/h2-4,6-7,17-19H,5,8-15H2,1H3,(H,27,28). The van der Waals surface area contributed by atoms with Crippen molar-refractivity contribution in [2.45, 2.75) is 44.4 Å². The lowest BCUT2D eigenvalue weighted by molar-refractivity contribution is -0.148. The summed E-state index contributed by atoms with van der Waals surface area (Å²) in [6.07, 6.45) is 5.00. The number of hydrogen-bond donors (Lipinski definition) is 1. The second-order valence-corrected chi connectivity index (χ2v) is 8.17. The van der Waals surface area contributed by atoms with Crippen molar-refractivity contribution in [2.24, 2.45) is 11.8 Å². The van der Waals surface area contributed by atoms with Gasteiger partial charge in [0, 0.05) is 26.1 Å². The van der Waals surface area contributed by atoms with Gasteiger partial charge in [0.25, 0.3) is 0 Å². The summed E-state index contributed by atoms with van der Waals surface area (Å²) >= 11 is 0. The third-order valence-electron chi connectivity index (χ3n) is 6.22. The average molecular weight is 386 g/mol. The van der Waals surface area contributed by atoms with Crippen molar-refractivity contribution in [3.63, 3.8) is 0 Å². The minimum atomic E-state index is -0.850. The highest BCUT2D eigenvalue weighted by molar-refractivity contribution is 5.86. The fourth-order valence-electron chi connectivity index (χ4n) is 4.50. The normalized spacial score (nSPS) is 25.2. The monoisotopic (exact) mass is 386 g/mol. The van der Waals surface area contributed by atoms with Crippen LogP contribution in [-0.2, 0) is 14.4 Å². The lowest BCUT2D eigenvalue weighted by atomic mass is 9.78. The molecule has 2 amide bonds. The highest BCUT2D eigenvalue weighted by Crippen LogP contribution is 2.36. The Morgan fingerprint density at radius 3 is 2.36 bits per heavy atom. The summed E-state index contributed by atoms with van der Waals surface area (Å²) < 4.78 is 0. The number of amides is 2. The molecule has 0 aromatic heterocycles. The van der Waals surface area contributed by atoms with E-state index in [2.05, 4.69) is 24.3 Å². The maximum absolute atomic E-state index is 12.8. The number of likely N-dealkylation sites (tertiary alicyclic amines) is 1. The Morgan fingerprint density at radius 1 is 1.04 bits per heavy atom. The Labute approximate surface area is 166 Å². The second-order valence-electron chi connectivity index (χ2n) is 8.17. The fraction of sp³-hybridized carbons (Fsp3) is 0.591. The van der Waals surface area contributed by atoms with Gasteiger partial charge in [-0.1, -0.05) is 30.3 Å². The van der Waals surface area contributed by atoms with E-state index in [1.165, 1.54) is 10.5 Å². The Balaban J connectivity index is 1.48. The Bertz CT molecular complexity index is 698. The van der Waals surface area contributed by atoms with Crippen molar-refractivity contribution in [1.82, 2.24) is 9.80 Å². The zero-order valence-corrected chi connectivity index (χ0v) is 16.5. The van der Waals surface area contributed by atoms with Crippen LogP contribution in [-0.4, -0.2) is 59.4 Å². The molecule has 6 heteroatoms. The van der Waals surface area contributed by atoms with E-state index < -0.39 is 11.9 Å². The Hall–Kier alpha value is -2.37. The molecule has 0 bridgehead atoms. The van der Waals surface area contributed by atoms with Crippen LogP contribution in [0.15, 0.2) is 30.3 Å². The first-order chi connectivity index (χ1) is 13.5. The minimum absolute atomic E-state index is 0.0223. The van der Waals surface area contributed by atoms with Crippen molar-refractivity contribution in [1.29, 1.82) is 0 Å². The molecule has 1 aromatic carbocycles. The zero-order chi connectivity index (χ0) is 20.1. The molecule has 152 valence electrons. The molecule has 3 rings (SSSR count). The van der Waals surface area contributed by atoms with Gasteiger partial charge in [0.1, 0.15) is 0 Å². The molecular formula is C22H30N2O4. The third-order valence-corrected chi connectivity index (χ3v) is 6.22. The lowest BCUT2D eigenvalue weighted by Gasteiger charge is -2.33. The van der Waals surface area contributed by atoms with E-state index in [1.54, 1.807) is 11.9 Å². The van der Waals surface area contributed by atoms with Crippen LogP contribution in [0.4, 0.5) is 0 Å². The lowest BCUT2D eigenvalue weighted by Crippen LogP contribution is -2.47. The summed E-state index contributed by atoms with van der Waals surface area (Å²) in [4.78, 5) is 39.6. The van der Waals surface area contributed by atoms with Gasteiger partial charge in [-0.2, -0.15) is 0 Å². The van der Waals surface area contributed by atoms with Crippen molar-refractivity contribution in [3.8, 4) is 0 Å². The van der Waals surface area contributed by atoms with Crippen molar-refractivity contribution >= 4 is 17.8 Å². The molecule has 1 aliphatic carbocycles. The predicted molar refractivity (Wildman–Crippen MR) is 106 cm³/mol. The van der Waals surface area contributed by atoms with E-state index in [1.807, 2.05) is 6.07 Å². The molecule has 2 fully saturated rings. The molecule has 1 N–H and O–H groups in total. The molecule has 6 nitrogen and oxygen atoms in total. The van der Waals surface area contributed by atoms with Crippen LogP contribution in [0.2, 0.25) is 0 Å². The first-order valence-corrected chi connectivity index (χ1v) is 10.3. The molecule has 1 atom stereocenters.